The van der Waals surface area contributed by atoms with Gasteiger partial charge in [-0.2, -0.15) is 4.98 Å². The maximum absolute atomic E-state index is 11.2. The Labute approximate surface area is 112 Å². The average molecular weight is 282 g/mol. The van der Waals surface area contributed by atoms with Crippen LogP contribution in [-0.2, 0) is 16.1 Å². The molecule has 19 heavy (non-hydrogen) atoms. The molecule has 0 radical (unpaired) electrons. The van der Waals surface area contributed by atoms with Crippen molar-refractivity contribution >= 4 is 17.7 Å². The van der Waals surface area contributed by atoms with Crippen LogP contribution in [0.4, 0.5) is 0 Å². The van der Waals surface area contributed by atoms with Crippen LogP contribution < -0.4 is 4.74 Å². The van der Waals surface area contributed by atoms with Crippen LogP contribution in [0, 0.1) is 0 Å². The normalized spacial score (nSPS) is 10.2. The summed E-state index contributed by atoms with van der Waals surface area (Å²) in [6, 6.07) is 1.63. The molecule has 0 aliphatic heterocycles. The van der Waals surface area contributed by atoms with Crippen LogP contribution in [0.5, 0.6) is 5.88 Å². The molecule has 2 aromatic rings. The van der Waals surface area contributed by atoms with E-state index in [-0.39, 0.29) is 6.54 Å². The molecule has 0 bridgehead atoms. The Hall–Kier alpha value is -2.23. The Morgan fingerprint density at radius 3 is 3.05 bits per heavy atom. The first kappa shape index (κ1) is 13.2. The molecule has 0 aliphatic rings. The summed E-state index contributed by atoms with van der Waals surface area (Å²) in [5.41, 5.74) is 0. The van der Waals surface area contributed by atoms with Gasteiger partial charge in [-0.05, 0) is 22.2 Å². The third-order valence-corrected chi connectivity index (χ3v) is 2.86. The Balaban J connectivity index is 2.14. The van der Waals surface area contributed by atoms with Gasteiger partial charge in [-0.25, -0.2) is 9.67 Å². The van der Waals surface area contributed by atoms with Gasteiger partial charge in [0.2, 0.25) is 11.0 Å². The highest BCUT2D eigenvalue weighted by atomic mass is 32.2. The fourth-order valence-corrected chi connectivity index (χ4v) is 1.82. The molecule has 2 rings (SSSR count). The van der Waals surface area contributed by atoms with Crippen molar-refractivity contribution in [1.82, 2.24) is 30.2 Å². The van der Waals surface area contributed by atoms with Crippen molar-refractivity contribution in [3.63, 3.8) is 0 Å². The van der Waals surface area contributed by atoms with Crippen molar-refractivity contribution in [2.45, 2.75) is 16.9 Å². The van der Waals surface area contributed by atoms with Gasteiger partial charge in [-0.3, -0.25) is 4.79 Å². The van der Waals surface area contributed by atoms with Gasteiger partial charge in [-0.1, -0.05) is 0 Å². The molecule has 0 spiro atoms. The highest BCUT2D eigenvalue weighted by Crippen LogP contribution is 2.22. The Kier molecular flexibility index (Phi) is 4.23. The molecular formula is C9H10N6O3S. The summed E-state index contributed by atoms with van der Waals surface area (Å²) in [6.07, 6.45) is 1.56. The molecule has 100 valence electrons. The lowest BCUT2D eigenvalue weighted by molar-refractivity contribution is -0.141. The summed E-state index contributed by atoms with van der Waals surface area (Å²) in [5, 5.41) is 11.8. The van der Waals surface area contributed by atoms with Gasteiger partial charge in [0.1, 0.15) is 6.54 Å². The van der Waals surface area contributed by atoms with Gasteiger partial charge in [-0.15, -0.1) is 5.10 Å². The van der Waals surface area contributed by atoms with Crippen LogP contribution in [0.3, 0.4) is 0 Å². The second-order valence-corrected chi connectivity index (χ2v) is 4.11. The highest BCUT2D eigenvalue weighted by Gasteiger charge is 2.13. The molecule has 2 heterocycles. The van der Waals surface area contributed by atoms with Gasteiger partial charge in [0.15, 0.2) is 5.16 Å². The number of carbonyl (C=O) groups is 1. The molecule has 0 unspecified atom stereocenters. The van der Waals surface area contributed by atoms with Crippen LogP contribution in [-0.4, -0.2) is 50.4 Å². The zero-order valence-electron chi connectivity index (χ0n) is 10.2. The molecule has 0 aromatic carbocycles. The minimum atomic E-state index is -0.444. The number of esters is 1. The summed E-state index contributed by atoms with van der Waals surface area (Å²) in [6.45, 7) is -0.0736. The average Bonchev–Trinajstić information content (AvgIpc) is 2.86. The minimum absolute atomic E-state index is 0.0736. The standard InChI is InChI=1S/C9H10N6O3S/c1-17-6-3-4-10-8(11-6)19-9-12-13-14-15(9)5-7(16)18-2/h3-4H,5H2,1-2H3. The van der Waals surface area contributed by atoms with Crippen molar-refractivity contribution in [2.24, 2.45) is 0 Å². The van der Waals surface area contributed by atoms with E-state index < -0.39 is 5.97 Å². The quantitative estimate of drug-likeness (QED) is 0.544. The topological polar surface area (TPSA) is 105 Å². The van der Waals surface area contributed by atoms with E-state index in [9.17, 15) is 4.79 Å². The second-order valence-electron chi connectivity index (χ2n) is 3.18. The molecule has 0 saturated heterocycles. The van der Waals surface area contributed by atoms with E-state index in [2.05, 4.69) is 30.2 Å². The molecule has 0 fully saturated rings. The first-order chi connectivity index (χ1) is 9.22. The van der Waals surface area contributed by atoms with Gasteiger partial charge < -0.3 is 9.47 Å². The summed E-state index contributed by atoms with van der Waals surface area (Å²) in [4.78, 5) is 19.3. The van der Waals surface area contributed by atoms with Gasteiger partial charge in [0.05, 0.1) is 14.2 Å². The van der Waals surface area contributed by atoms with Crippen molar-refractivity contribution in [3.8, 4) is 5.88 Å². The third-order valence-electron chi connectivity index (χ3n) is 2.01. The molecule has 0 N–H and O–H groups in total. The zero-order valence-corrected chi connectivity index (χ0v) is 11.0. The first-order valence-corrected chi connectivity index (χ1v) is 5.92. The van der Waals surface area contributed by atoms with E-state index in [0.29, 0.717) is 16.2 Å². The van der Waals surface area contributed by atoms with E-state index in [1.165, 1.54) is 18.9 Å². The lowest BCUT2D eigenvalue weighted by Gasteiger charge is -2.03. The Bertz CT molecular complexity index is 575. The SMILES string of the molecule is COC(=O)Cn1nnnc1Sc1nccc(OC)n1. The van der Waals surface area contributed by atoms with Gasteiger partial charge >= 0.3 is 5.97 Å². The van der Waals surface area contributed by atoms with Crippen LogP contribution >= 0.6 is 11.8 Å². The number of aromatic nitrogens is 6. The van der Waals surface area contributed by atoms with E-state index in [0.717, 1.165) is 11.8 Å². The highest BCUT2D eigenvalue weighted by molar-refractivity contribution is 7.99. The van der Waals surface area contributed by atoms with Crippen molar-refractivity contribution in [1.29, 1.82) is 0 Å². The van der Waals surface area contributed by atoms with E-state index >= 15 is 0 Å². The smallest absolute Gasteiger partial charge is 0.327 e. The molecule has 0 amide bonds. The number of rotatable bonds is 5. The van der Waals surface area contributed by atoms with Gasteiger partial charge in [0, 0.05) is 12.3 Å². The van der Waals surface area contributed by atoms with Crippen LogP contribution in [0.2, 0.25) is 0 Å². The summed E-state index contributed by atoms with van der Waals surface area (Å²) >= 11 is 1.12. The summed E-state index contributed by atoms with van der Waals surface area (Å²) in [7, 11) is 2.81. The fourth-order valence-electron chi connectivity index (χ4n) is 1.13. The third kappa shape index (κ3) is 3.37. The Morgan fingerprint density at radius 2 is 2.32 bits per heavy atom. The molecule has 10 heteroatoms. The fraction of sp³-hybridized carbons (Fsp3) is 0.333. The number of carbonyl (C=O) groups excluding carboxylic acids is 1. The van der Waals surface area contributed by atoms with Crippen LogP contribution in [0.1, 0.15) is 0 Å². The maximum Gasteiger partial charge on any atom is 0.327 e. The van der Waals surface area contributed by atoms with Crippen molar-refractivity contribution < 1.29 is 14.3 Å². The number of methoxy groups -OCH3 is 2. The number of nitrogens with zero attached hydrogens (tertiary/aromatic N) is 6. The number of ether oxygens (including phenoxy) is 2. The number of tetrazole rings is 1. The van der Waals surface area contributed by atoms with Crippen LogP contribution in [0.25, 0.3) is 0 Å². The number of hydrogen-bond acceptors (Lipinski definition) is 9. The lowest BCUT2D eigenvalue weighted by Crippen LogP contribution is -2.13. The minimum Gasteiger partial charge on any atom is -0.481 e. The zero-order chi connectivity index (χ0) is 13.7. The molecule has 2 aromatic heterocycles. The van der Waals surface area contributed by atoms with Crippen molar-refractivity contribution in [2.75, 3.05) is 14.2 Å². The van der Waals surface area contributed by atoms with E-state index in [1.54, 1.807) is 12.3 Å². The molecule has 0 saturated carbocycles. The Morgan fingerprint density at radius 1 is 1.47 bits per heavy atom. The predicted molar refractivity (Wildman–Crippen MR) is 62.5 cm³/mol. The van der Waals surface area contributed by atoms with E-state index in [1.807, 2.05) is 0 Å². The van der Waals surface area contributed by atoms with Crippen LogP contribution in [0.15, 0.2) is 22.6 Å². The molecule has 9 nitrogen and oxygen atoms in total. The maximum atomic E-state index is 11.2. The lowest BCUT2D eigenvalue weighted by atomic mass is 10.6. The monoisotopic (exact) mass is 282 g/mol. The first-order valence-electron chi connectivity index (χ1n) is 5.11. The molecule has 0 aliphatic carbocycles. The van der Waals surface area contributed by atoms with E-state index in [4.69, 9.17) is 4.74 Å². The predicted octanol–water partition coefficient (Wildman–Crippen LogP) is -0.204. The summed E-state index contributed by atoms with van der Waals surface area (Å²) < 4.78 is 10.8. The second kappa shape index (κ2) is 6.09. The molecule has 0 atom stereocenters. The summed E-state index contributed by atoms with van der Waals surface area (Å²) in [5.74, 6) is -0.00907. The molecular weight excluding hydrogens is 272 g/mol. The van der Waals surface area contributed by atoms with Crippen molar-refractivity contribution in [3.05, 3.63) is 12.3 Å². The number of hydrogen-bond donors (Lipinski definition) is 0. The largest absolute Gasteiger partial charge is 0.481 e. The van der Waals surface area contributed by atoms with Gasteiger partial charge in [0.25, 0.3) is 0 Å².